The zero-order chi connectivity index (χ0) is 24.3. The van der Waals surface area contributed by atoms with E-state index in [1.165, 1.54) is 6.92 Å². The van der Waals surface area contributed by atoms with E-state index in [2.05, 4.69) is 6.92 Å². The summed E-state index contributed by atoms with van der Waals surface area (Å²) in [6, 6.07) is 21.7. The van der Waals surface area contributed by atoms with Gasteiger partial charge in [0, 0.05) is 30.2 Å². The maximum Gasteiger partial charge on any atom is 0.308 e. The minimum absolute atomic E-state index is 0.0797. The van der Waals surface area contributed by atoms with Gasteiger partial charge in [-0.25, -0.2) is 0 Å². The predicted octanol–water partition coefficient (Wildman–Crippen LogP) is 6.88. The second-order valence-corrected chi connectivity index (χ2v) is 8.18. The number of carbonyl (C=O) groups is 2. The van der Waals surface area contributed by atoms with E-state index >= 15 is 0 Å². The molecule has 3 rings (SSSR count). The maximum atomic E-state index is 13.3. The predicted molar refractivity (Wildman–Crippen MR) is 135 cm³/mol. The van der Waals surface area contributed by atoms with Crippen molar-refractivity contribution in [1.82, 2.24) is 0 Å². The topological polar surface area (TPSA) is 76.4 Å². The van der Waals surface area contributed by atoms with Crippen molar-refractivity contribution in [1.29, 1.82) is 5.41 Å². The molecule has 5 heteroatoms. The molecule has 34 heavy (non-hydrogen) atoms. The zero-order valence-corrected chi connectivity index (χ0v) is 19.8. The van der Waals surface area contributed by atoms with Gasteiger partial charge in [-0.2, -0.15) is 0 Å². The number of carbonyl (C=O) groups excluding carboxylic acids is 2. The van der Waals surface area contributed by atoms with Crippen LogP contribution in [0.1, 0.15) is 61.9 Å². The number of unbranched alkanes of at least 4 members (excludes halogenated alkanes) is 2. The highest BCUT2D eigenvalue weighted by atomic mass is 16.5. The van der Waals surface area contributed by atoms with Gasteiger partial charge in [-0.3, -0.25) is 9.59 Å². The Morgan fingerprint density at radius 1 is 0.824 bits per heavy atom. The third-order valence-electron chi connectivity index (χ3n) is 5.47. The van der Waals surface area contributed by atoms with Crippen molar-refractivity contribution >= 4 is 17.5 Å². The van der Waals surface area contributed by atoms with Gasteiger partial charge in [-0.1, -0.05) is 56.2 Å². The van der Waals surface area contributed by atoms with Crippen LogP contribution in [0.5, 0.6) is 11.5 Å². The number of benzene rings is 3. The summed E-state index contributed by atoms with van der Waals surface area (Å²) in [6.07, 6.45) is 4.82. The fourth-order valence-corrected chi connectivity index (χ4v) is 3.66. The fourth-order valence-electron chi connectivity index (χ4n) is 3.66. The van der Waals surface area contributed by atoms with Crippen LogP contribution in [0.25, 0.3) is 11.1 Å². The van der Waals surface area contributed by atoms with Crippen LogP contribution in [0.4, 0.5) is 0 Å². The molecule has 0 atom stereocenters. The SMILES string of the molecule is CCCCCC(=N)CCOc1ccc(C(=O)c2ccccc2-c2ccc(OC(C)=O)cc2)cc1. The summed E-state index contributed by atoms with van der Waals surface area (Å²) in [4.78, 5) is 24.4. The molecule has 0 aliphatic carbocycles. The Morgan fingerprint density at radius 3 is 2.18 bits per heavy atom. The molecular formula is C29H31NO4. The van der Waals surface area contributed by atoms with Crippen LogP contribution >= 0.6 is 0 Å². The number of hydrogen-bond donors (Lipinski definition) is 1. The first kappa shape index (κ1) is 24.9. The summed E-state index contributed by atoms with van der Waals surface area (Å²) in [5.41, 5.74) is 3.56. The van der Waals surface area contributed by atoms with Crippen LogP contribution in [0.2, 0.25) is 0 Å². The molecule has 3 aromatic rings. The molecule has 5 nitrogen and oxygen atoms in total. The highest BCUT2D eigenvalue weighted by Crippen LogP contribution is 2.28. The Balaban J connectivity index is 1.65. The summed E-state index contributed by atoms with van der Waals surface area (Å²) >= 11 is 0. The molecule has 0 amide bonds. The Hall–Kier alpha value is -3.73. The molecule has 0 spiro atoms. The van der Waals surface area contributed by atoms with E-state index in [1.807, 2.05) is 36.4 Å². The lowest BCUT2D eigenvalue weighted by molar-refractivity contribution is -0.131. The van der Waals surface area contributed by atoms with Crippen molar-refractivity contribution in [3.63, 3.8) is 0 Å². The zero-order valence-electron chi connectivity index (χ0n) is 19.8. The summed E-state index contributed by atoms with van der Waals surface area (Å²) < 4.78 is 10.9. The van der Waals surface area contributed by atoms with E-state index in [4.69, 9.17) is 14.9 Å². The minimum Gasteiger partial charge on any atom is -0.493 e. The van der Waals surface area contributed by atoms with Crippen LogP contribution in [0, 0.1) is 5.41 Å². The first-order valence-corrected chi connectivity index (χ1v) is 11.7. The van der Waals surface area contributed by atoms with E-state index in [1.54, 1.807) is 36.4 Å². The second-order valence-electron chi connectivity index (χ2n) is 8.18. The summed E-state index contributed by atoms with van der Waals surface area (Å²) in [7, 11) is 0. The first-order chi connectivity index (χ1) is 16.5. The molecule has 0 radical (unpaired) electrons. The van der Waals surface area contributed by atoms with Crippen molar-refractivity contribution < 1.29 is 19.1 Å². The highest BCUT2D eigenvalue weighted by molar-refractivity contribution is 6.12. The third kappa shape index (κ3) is 7.14. The van der Waals surface area contributed by atoms with Gasteiger partial charge in [0.1, 0.15) is 11.5 Å². The molecule has 0 bridgehead atoms. The lowest BCUT2D eigenvalue weighted by Crippen LogP contribution is -2.06. The molecule has 0 aromatic heterocycles. The highest BCUT2D eigenvalue weighted by Gasteiger charge is 2.15. The van der Waals surface area contributed by atoms with Crippen molar-refractivity contribution in [2.45, 2.75) is 46.0 Å². The molecule has 176 valence electrons. The summed E-state index contributed by atoms with van der Waals surface area (Å²) in [5, 5.41) is 8.00. The van der Waals surface area contributed by atoms with E-state index in [0.717, 1.165) is 42.5 Å². The minimum atomic E-state index is -0.374. The van der Waals surface area contributed by atoms with E-state index in [0.29, 0.717) is 35.7 Å². The Kier molecular flexibility index (Phi) is 9.15. The molecule has 0 saturated carbocycles. The third-order valence-corrected chi connectivity index (χ3v) is 5.47. The maximum absolute atomic E-state index is 13.3. The smallest absolute Gasteiger partial charge is 0.308 e. The summed E-state index contributed by atoms with van der Waals surface area (Å²) in [5.74, 6) is 0.698. The van der Waals surface area contributed by atoms with Gasteiger partial charge >= 0.3 is 5.97 Å². The largest absolute Gasteiger partial charge is 0.493 e. The van der Waals surface area contributed by atoms with Crippen LogP contribution in [-0.2, 0) is 4.79 Å². The van der Waals surface area contributed by atoms with E-state index in [-0.39, 0.29) is 11.8 Å². The molecule has 0 aliphatic rings. The summed E-state index contributed by atoms with van der Waals surface area (Å²) in [6.45, 7) is 3.98. The number of ketones is 1. The lowest BCUT2D eigenvalue weighted by atomic mass is 9.94. The molecule has 0 aliphatic heterocycles. The fraction of sp³-hybridized carbons (Fsp3) is 0.276. The Bertz CT molecular complexity index is 1120. The van der Waals surface area contributed by atoms with Gasteiger partial charge in [-0.15, -0.1) is 0 Å². The molecule has 0 heterocycles. The number of rotatable bonds is 12. The monoisotopic (exact) mass is 457 g/mol. The normalized spacial score (nSPS) is 10.5. The molecule has 0 unspecified atom stereocenters. The van der Waals surface area contributed by atoms with Crippen molar-refractivity contribution in [2.75, 3.05) is 6.61 Å². The Labute approximate surface area is 201 Å². The van der Waals surface area contributed by atoms with Gasteiger partial charge in [-0.05, 0) is 60.4 Å². The molecule has 3 aromatic carbocycles. The van der Waals surface area contributed by atoms with Crippen LogP contribution in [0.15, 0.2) is 72.8 Å². The van der Waals surface area contributed by atoms with Crippen molar-refractivity contribution in [3.8, 4) is 22.6 Å². The van der Waals surface area contributed by atoms with Gasteiger partial charge in [0.25, 0.3) is 0 Å². The molecule has 0 fully saturated rings. The lowest BCUT2D eigenvalue weighted by Gasteiger charge is -2.11. The van der Waals surface area contributed by atoms with Crippen molar-refractivity contribution in [2.24, 2.45) is 0 Å². The molecule has 0 saturated heterocycles. The van der Waals surface area contributed by atoms with E-state index < -0.39 is 0 Å². The standard InChI is InChI=1S/C29H31NO4/c1-3-4-5-8-24(30)19-20-33-25-15-13-23(14-16-25)29(32)28-10-7-6-9-27(28)22-11-17-26(18-12-22)34-21(2)31/h6-7,9-18,30H,3-5,8,19-20H2,1-2H3. The number of hydrogen-bond acceptors (Lipinski definition) is 5. The van der Waals surface area contributed by atoms with Gasteiger partial charge in [0.2, 0.25) is 0 Å². The first-order valence-electron chi connectivity index (χ1n) is 11.7. The average molecular weight is 458 g/mol. The second kappa shape index (κ2) is 12.5. The van der Waals surface area contributed by atoms with Crippen molar-refractivity contribution in [3.05, 3.63) is 83.9 Å². The quantitative estimate of drug-likeness (QED) is 0.106. The number of esters is 1. The van der Waals surface area contributed by atoms with Crippen LogP contribution in [-0.4, -0.2) is 24.1 Å². The van der Waals surface area contributed by atoms with Gasteiger partial charge in [0.15, 0.2) is 5.78 Å². The van der Waals surface area contributed by atoms with Crippen LogP contribution in [0.3, 0.4) is 0 Å². The molecule has 1 N–H and O–H groups in total. The van der Waals surface area contributed by atoms with Gasteiger partial charge in [0.05, 0.1) is 6.61 Å². The molecular weight excluding hydrogens is 426 g/mol. The van der Waals surface area contributed by atoms with Crippen LogP contribution < -0.4 is 9.47 Å². The average Bonchev–Trinajstić information content (AvgIpc) is 2.84. The van der Waals surface area contributed by atoms with Gasteiger partial charge < -0.3 is 14.9 Å². The Morgan fingerprint density at radius 2 is 1.50 bits per heavy atom. The number of ether oxygens (including phenoxy) is 2. The van der Waals surface area contributed by atoms with E-state index in [9.17, 15) is 9.59 Å². The number of nitrogens with one attached hydrogen (secondary N) is 1.